The van der Waals surface area contributed by atoms with Gasteiger partial charge in [-0.2, -0.15) is 13.2 Å². The smallest absolute Gasteiger partial charge is 0.471 e. The quantitative estimate of drug-likeness (QED) is 0.830. The number of amides is 1. The maximum atomic E-state index is 12.1. The van der Waals surface area contributed by atoms with Gasteiger partial charge in [-0.05, 0) is 36.1 Å². The highest BCUT2D eigenvalue weighted by atomic mass is 19.4. The Bertz CT molecular complexity index is 624. The molecule has 0 aromatic heterocycles. The first-order chi connectivity index (χ1) is 9.68. The highest BCUT2D eigenvalue weighted by Gasteiger charge is 2.39. The summed E-state index contributed by atoms with van der Waals surface area (Å²) >= 11 is 0. The Labute approximate surface area is 116 Å². The zero-order valence-electron chi connectivity index (χ0n) is 10.5. The molecule has 21 heavy (non-hydrogen) atoms. The number of rotatable bonds is 3. The number of anilines is 1. The largest absolute Gasteiger partial charge is 0.475 e. The fourth-order valence-corrected chi connectivity index (χ4v) is 2.26. The first-order valence-electron chi connectivity index (χ1n) is 5.95. The van der Waals surface area contributed by atoms with Crippen LogP contribution in [0.1, 0.15) is 11.1 Å². The summed E-state index contributed by atoms with van der Waals surface area (Å²) in [6.45, 7) is 0. The number of hydrogen-bond donors (Lipinski definition) is 2. The lowest BCUT2D eigenvalue weighted by atomic mass is 10.0. The predicted octanol–water partition coefficient (Wildman–Crippen LogP) is 1.56. The molecular formula is C13H10F3NO4. The second kappa shape index (κ2) is 5.19. The molecule has 0 fully saturated rings. The van der Waals surface area contributed by atoms with Gasteiger partial charge in [0.15, 0.2) is 0 Å². The first-order valence-corrected chi connectivity index (χ1v) is 5.95. The topological polar surface area (TPSA) is 83.5 Å². The average Bonchev–Trinajstić information content (AvgIpc) is 2.79. The Morgan fingerprint density at radius 3 is 2.33 bits per heavy atom. The van der Waals surface area contributed by atoms with Crippen molar-refractivity contribution < 1.29 is 32.7 Å². The molecule has 5 nitrogen and oxygen atoms in total. The second-order valence-electron chi connectivity index (χ2n) is 4.71. The molecule has 0 saturated carbocycles. The van der Waals surface area contributed by atoms with E-state index in [0.717, 1.165) is 0 Å². The summed E-state index contributed by atoms with van der Waals surface area (Å²) in [5.74, 6) is -5.25. The van der Waals surface area contributed by atoms with Gasteiger partial charge in [-0.25, -0.2) is 4.79 Å². The van der Waals surface area contributed by atoms with Crippen molar-refractivity contribution in [3.63, 3.8) is 0 Å². The van der Waals surface area contributed by atoms with Crippen LogP contribution in [0, 0.1) is 5.92 Å². The molecule has 112 valence electrons. The summed E-state index contributed by atoms with van der Waals surface area (Å²) in [4.78, 5) is 32.8. The van der Waals surface area contributed by atoms with E-state index in [9.17, 15) is 27.6 Å². The molecule has 0 bridgehead atoms. The number of carboxylic acid groups (broad SMARTS) is 1. The minimum absolute atomic E-state index is 0.0421. The number of Topliss-reactive ketones (excluding diaryl/α,β-unsaturated/α-hetero) is 1. The zero-order chi connectivity index (χ0) is 15.8. The predicted molar refractivity (Wildman–Crippen MR) is 64.7 cm³/mol. The molecule has 1 amide bonds. The minimum Gasteiger partial charge on any atom is -0.475 e. The van der Waals surface area contributed by atoms with E-state index in [0.29, 0.717) is 11.1 Å². The van der Waals surface area contributed by atoms with Crippen LogP contribution in [0.5, 0.6) is 0 Å². The van der Waals surface area contributed by atoms with Crippen molar-refractivity contribution in [1.29, 1.82) is 0 Å². The number of carbonyl (C=O) groups excluding carboxylic acids is 2. The number of alkyl halides is 3. The van der Waals surface area contributed by atoms with E-state index in [-0.39, 0.29) is 18.5 Å². The van der Waals surface area contributed by atoms with Crippen LogP contribution in [0.4, 0.5) is 18.9 Å². The highest BCUT2D eigenvalue weighted by Crippen LogP contribution is 2.30. The standard InChI is InChI=1S/C13H10F3NO4/c14-13(15,16)12(21)17-9-2-1-6-3-8(4-7(6)5-9)10(18)11(19)20/h1-2,5,8H,3-4H2,(H,17,21)(H,19,20). The molecule has 1 unspecified atom stereocenters. The number of carboxylic acids is 1. The fourth-order valence-electron chi connectivity index (χ4n) is 2.26. The highest BCUT2D eigenvalue weighted by molar-refractivity contribution is 6.33. The Balaban J connectivity index is 2.13. The van der Waals surface area contributed by atoms with Gasteiger partial charge in [-0.3, -0.25) is 9.59 Å². The van der Waals surface area contributed by atoms with Crippen molar-refractivity contribution in [2.45, 2.75) is 19.0 Å². The summed E-state index contributed by atoms with van der Waals surface area (Å²) in [6, 6.07) is 4.10. The molecule has 8 heteroatoms. The van der Waals surface area contributed by atoms with E-state index in [1.165, 1.54) is 18.2 Å². The van der Waals surface area contributed by atoms with Crippen LogP contribution in [0.25, 0.3) is 0 Å². The maximum Gasteiger partial charge on any atom is 0.471 e. The van der Waals surface area contributed by atoms with Crippen molar-refractivity contribution in [2.75, 3.05) is 5.32 Å². The van der Waals surface area contributed by atoms with Gasteiger partial charge in [-0.15, -0.1) is 0 Å². The van der Waals surface area contributed by atoms with Crippen LogP contribution in [0.2, 0.25) is 0 Å². The van der Waals surface area contributed by atoms with Crippen LogP contribution in [0.15, 0.2) is 18.2 Å². The molecule has 2 N–H and O–H groups in total. The Morgan fingerprint density at radius 1 is 1.14 bits per heavy atom. The molecule has 1 aliphatic rings. The number of nitrogens with one attached hydrogen (secondary N) is 1. The molecule has 0 saturated heterocycles. The van der Waals surface area contributed by atoms with Crippen molar-refractivity contribution >= 4 is 23.3 Å². The fraction of sp³-hybridized carbons (Fsp3) is 0.308. The summed E-state index contributed by atoms with van der Waals surface area (Å²) in [7, 11) is 0. The lowest BCUT2D eigenvalue weighted by Gasteiger charge is -2.09. The SMILES string of the molecule is O=C(O)C(=O)C1Cc2ccc(NC(=O)C(F)(F)F)cc2C1. The van der Waals surface area contributed by atoms with Gasteiger partial charge in [0.2, 0.25) is 5.78 Å². The summed E-state index contributed by atoms with van der Waals surface area (Å²) in [5, 5.41) is 10.4. The minimum atomic E-state index is -4.99. The van der Waals surface area contributed by atoms with E-state index >= 15 is 0 Å². The van der Waals surface area contributed by atoms with Gasteiger partial charge in [0, 0.05) is 11.6 Å². The lowest BCUT2D eigenvalue weighted by Crippen LogP contribution is -2.29. The third-order valence-corrected chi connectivity index (χ3v) is 3.24. The van der Waals surface area contributed by atoms with E-state index in [2.05, 4.69) is 0 Å². The van der Waals surface area contributed by atoms with Crippen LogP contribution >= 0.6 is 0 Å². The molecule has 0 aliphatic heterocycles. The average molecular weight is 301 g/mol. The Morgan fingerprint density at radius 2 is 1.76 bits per heavy atom. The zero-order valence-corrected chi connectivity index (χ0v) is 10.5. The van der Waals surface area contributed by atoms with E-state index < -0.39 is 29.8 Å². The van der Waals surface area contributed by atoms with E-state index in [4.69, 9.17) is 5.11 Å². The van der Waals surface area contributed by atoms with E-state index in [1.54, 1.807) is 5.32 Å². The van der Waals surface area contributed by atoms with Gasteiger partial charge in [-0.1, -0.05) is 6.07 Å². The van der Waals surface area contributed by atoms with Crippen molar-refractivity contribution in [3.05, 3.63) is 29.3 Å². The van der Waals surface area contributed by atoms with E-state index in [1.807, 2.05) is 0 Å². The Kier molecular flexibility index (Phi) is 3.71. The summed E-state index contributed by atoms with van der Waals surface area (Å²) in [5.41, 5.74) is 1.22. The molecule has 1 aromatic carbocycles. The third kappa shape index (κ3) is 3.21. The van der Waals surface area contributed by atoms with Crippen molar-refractivity contribution in [2.24, 2.45) is 5.92 Å². The molecule has 0 heterocycles. The normalized spacial score (nSPS) is 17.2. The molecule has 0 spiro atoms. The lowest BCUT2D eigenvalue weighted by molar-refractivity contribution is -0.167. The molecule has 1 aromatic rings. The van der Waals surface area contributed by atoms with Crippen LogP contribution < -0.4 is 5.32 Å². The molecular weight excluding hydrogens is 291 g/mol. The number of ketones is 1. The van der Waals surface area contributed by atoms with Gasteiger partial charge in [0.25, 0.3) is 0 Å². The monoisotopic (exact) mass is 301 g/mol. The maximum absolute atomic E-state index is 12.1. The number of fused-ring (bicyclic) bond motifs is 1. The number of benzene rings is 1. The van der Waals surface area contributed by atoms with Crippen molar-refractivity contribution in [3.8, 4) is 0 Å². The number of hydrogen-bond acceptors (Lipinski definition) is 3. The Hall–Kier alpha value is -2.38. The second-order valence-corrected chi connectivity index (χ2v) is 4.71. The first kappa shape index (κ1) is 15.0. The molecule has 2 rings (SSSR count). The summed E-state index contributed by atoms with van der Waals surface area (Å²) < 4.78 is 36.4. The van der Waals surface area contributed by atoms with Crippen LogP contribution in [-0.2, 0) is 27.2 Å². The van der Waals surface area contributed by atoms with Gasteiger partial charge in [0.1, 0.15) is 0 Å². The van der Waals surface area contributed by atoms with Crippen molar-refractivity contribution in [1.82, 2.24) is 0 Å². The molecule has 0 radical (unpaired) electrons. The van der Waals surface area contributed by atoms with Crippen LogP contribution in [-0.4, -0.2) is 28.9 Å². The number of carbonyl (C=O) groups is 3. The number of halogens is 3. The molecule has 1 aliphatic carbocycles. The molecule has 1 atom stereocenters. The number of aliphatic carboxylic acids is 1. The summed E-state index contributed by atoms with van der Waals surface area (Å²) in [6.07, 6.45) is -4.62. The van der Waals surface area contributed by atoms with Crippen LogP contribution in [0.3, 0.4) is 0 Å². The van der Waals surface area contributed by atoms with Gasteiger partial charge < -0.3 is 10.4 Å². The van der Waals surface area contributed by atoms with Gasteiger partial charge >= 0.3 is 18.1 Å². The third-order valence-electron chi connectivity index (χ3n) is 3.24. The van der Waals surface area contributed by atoms with Gasteiger partial charge in [0.05, 0.1) is 0 Å².